The lowest BCUT2D eigenvalue weighted by molar-refractivity contribution is 0.663. The average molecular weight is 138 g/mol. The van der Waals surface area contributed by atoms with E-state index in [1.54, 1.807) is 6.08 Å². The van der Waals surface area contributed by atoms with Gasteiger partial charge in [-0.2, -0.15) is 0 Å². The van der Waals surface area contributed by atoms with Gasteiger partial charge in [-0.3, -0.25) is 0 Å². The summed E-state index contributed by atoms with van der Waals surface area (Å²) in [5, 5.41) is 0. The Morgan fingerprint density at radius 1 is 1.40 bits per heavy atom. The van der Waals surface area contributed by atoms with Gasteiger partial charge in [-0.05, 0) is 25.0 Å². The van der Waals surface area contributed by atoms with Gasteiger partial charge >= 0.3 is 0 Å². The summed E-state index contributed by atoms with van der Waals surface area (Å²) in [6, 6.07) is 0. The van der Waals surface area contributed by atoms with Crippen LogP contribution in [-0.4, -0.2) is 0 Å². The van der Waals surface area contributed by atoms with Crippen molar-refractivity contribution in [3.63, 3.8) is 0 Å². The molecule has 0 spiro atoms. The van der Waals surface area contributed by atoms with Gasteiger partial charge < -0.3 is 0 Å². The van der Waals surface area contributed by atoms with E-state index < -0.39 is 0 Å². The van der Waals surface area contributed by atoms with E-state index >= 15 is 0 Å². The van der Waals surface area contributed by atoms with Crippen molar-refractivity contribution in [2.24, 2.45) is 0 Å². The number of allylic oxidation sites excluding steroid dienone is 6. The molecule has 0 radical (unpaired) electrons. The number of hydrogen-bond donors (Lipinski definition) is 0. The van der Waals surface area contributed by atoms with Crippen molar-refractivity contribution >= 4 is 0 Å². The van der Waals surface area contributed by atoms with Gasteiger partial charge in [0.2, 0.25) is 0 Å². The summed E-state index contributed by atoms with van der Waals surface area (Å²) in [4.78, 5) is 0. The SMILES string of the molecule is CCC1=CCC=C(F)C=C1. The van der Waals surface area contributed by atoms with Crippen LogP contribution in [0.15, 0.2) is 35.7 Å². The molecule has 0 amide bonds. The zero-order valence-corrected chi connectivity index (χ0v) is 6.10. The van der Waals surface area contributed by atoms with Crippen molar-refractivity contribution in [3.05, 3.63) is 35.7 Å². The molecule has 0 heterocycles. The Kier molecular flexibility index (Phi) is 2.43. The molecule has 0 aliphatic heterocycles. The van der Waals surface area contributed by atoms with Crippen molar-refractivity contribution in [1.82, 2.24) is 0 Å². The van der Waals surface area contributed by atoms with Gasteiger partial charge in [0.15, 0.2) is 0 Å². The molecule has 54 valence electrons. The van der Waals surface area contributed by atoms with Crippen LogP contribution < -0.4 is 0 Å². The molecule has 0 aromatic heterocycles. The van der Waals surface area contributed by atoms with Gasteiger partial charge in [0, 0.05) is 0 Å². The highest BCUT2D eigenvalue weighted by atomic mass is 19.1. The van der Waals surface area contributed by atoms with E-state index in [0.29, 0.717) is 0 Å². The van der Waals surface area contributed by atoms with E-state index in [4.69, 9.17) is 0 Å². The Morgan fingerprint density at radius 2 is 2.20 bits per heavy atom. The maximum Gasteiger partial charge on any atom is 0.119 e. The van der Waals surface area contributed by atoms with E-state index in [2.05, 4.69) is 6.92 Å². The Hall–Kier alpha value is -0.850. The van der Waals surface area contributed by atoms with Crippen LogP contribution in [0.3, 0.4) is 0 Å². The van der Waals surface area contributed by atoms with E-state index in [1.807, 2.05) is 12.2 Å². The van der Waals surface area contributed by atoms with E-state index in [9.17, 15) is 4.39 Å². The molecule has 1 aliphatic rings. The number of rotatable bonds is 1. The number of hydrogen-bond acceptors (Lipinski definition) is 0. The van der Waals surface area contributed by atoms with Crippen LogP contribution >= 0.6 is 0 Å². The summed E-state index contributed by atoms with van der Waals surface area (Å²) in [7, 11) is 0. The summed E-state index contributed by atoms with van der Waals surface area (Å²) >= 11 is 0. The van der Waals surface area contributed by atoms with Crippen molar-refractivity contribution in [2.75, 3.05) is 0 Å². The van der Waals surface area contributed by atoms with Crippen LogP contribution in [0, 0.1) is 0 Å². The first-order valence-corrected chi connectivity index (χ1v) is 3.55. The molecule has 0 unspecified atom stereocenters. The molecule has 1 rings (SSSR count). The lowest BCUT2D eigenvalue weighted by Crippen LogP contribution is -1.70. The molecule has 0 saturated carbocycles. The first-order valence-electron chi connectivity index (χ1n) is 3.55. The molecule has 0 bridgehead atoms. The predicted molar refractivity (Wildman–Crippen MR) is 41.3 cm³/mol. The van der Waals surface area contributed by atoms with Gasteiger partial charge in [0.25, 0.3) is 0 Å². The third-order valence-electron chi connectivity index (χ3n) is 1.56. The molecular weight excluding hydrogens is 127 g/mol. The molecule has 0 N–H and O–H groups in total. The zero-order valence-electron chi connectivity index (χ0n) is 6.10. The van der Waals surface area contributed by atoms with Crippen molar-refractivity contribution in [3.8, 4) is 0 Å². The van der Waals surface area contributed by atoms with Gasteiger partial charge in [0.05, 0.1) is 0 Å². The van der Waals surface area contributed by atoms with Crippen molar-refractivity contribution in [1.29, 1.82) is 0 Å². The second-order valence-corrected chi connectivity index (χ2v) is 2.29. The molecule has 0 atom stereocenters. The minimum absolute atomic E-state index is 0.125. The quantitative estimate of drug-likeness (QED) is 0.522. The summed E-state index contributed by atoms with van der Waals surface area (Å²) in [6.45, 7) is 2.07. The second kappa shape index (κ2) is 3.35. The highest BCUT2D eigenvalue weighted by Crippen LogP contribution is 2.12. The summed E-state index contributed by atoms with van der Waals surface area (Å²) < 4.78 is 12.5. The molecule has 0 fully saturated rings. The smallest absolute Gasteiger partial charge is 0.119 e. The van der Waals surface area contributed by atoms with Crippen molar-refractivity contribution in [2.45, 2.75) is 19.8 Å². The van der Waals surface area contributed by atoms with E-state index in [-0.39, 0.29) is 5.83 Å². The highest BCUT2D eigenvalue weighted by Gasteiger charge is 1.93. The molecule has 0 nitrogen and oxygen atoms in total. The fourth-order valence-electron chi connectivity index (χ4n) is 0.908. The van der Waals surface area contributed by atoms with Gasteiger partial charge in [-0.25, -0.2) is 4.39 Å². The first-order chi connectivity index (χ1) is 4.83. The van der Waals surface area contributed by atoms with Crippen LogP contribution in [0.1, 0.15) is 19.8 Å². The molecule has 0 aromatic rings. The van der Waals surface area contributed by atoms with Gasteiger partial charge in [0.1, 0.15) is 5.83 Å². The lowest BCUT2D eigenvalue weighted by Gasteiger charge is -1.90. The Bertz CT molecular complexity index is 197. The third kappa shape index (κ3) is 1.83. The third-order valence-corrected chi connectivity index (χ3v) is 1.56. The fraction of sp³-hybridized carbons (Fsp3) is 0.333. The first kappa shape index (κ1) is 7.26. The molecule has 1 heteroatoms. The minimum atomic E-state index is -0.125. The summed E-state index contributed by atoms with van der Waals surface area (Å²) in [6.07, 6.45) is 8.68. The topological polar surface area (TPSA) is 0 Å². The number of halogens is 1. The summed E-state index contributed by atoms with van der Waals surface area (Å²) in [5.41, 5.74) is 1.21. The Balaban J connectivity index is 2.69. The Labute approximate surface area is 60.7 Å². The van der Waals surface area contributed by atoms with Crippen LogP contribution in [-0.2, 0) is 0 Å². The standard InChI is InChI=1S/C9H11F/c1-2-8-4-3-5-9(10)7-6-8/h4-7H,2-3H2,1H3. The van der Waals surface area contributed by atoms with Crippen LogP contribution in [0.4, 0.5) is 4.39 Å². The molecule has 1 aliphatic carbocycles. The predicted octanol–water partition coefficient (Wildman–Crippen LogP) is 3.14. The molecule has 0 saturated heterocycles. The minimum Gasteiger partial charge on any atom is -0.207 e. The Morgan fingerprint density at radius 3 is 2.90 bits per heavy atom. The molecule has 0 aromatic carbocycles. The maximum absolute atomic E-state index is 12.5. The van der Waals surface area contributed by atoms with E-state index in [1.165, 1.54) is 11.6 Å². The molecule has 10 heavy (non-hydrogen) atoms. The van der Waals surface area contributed by atoms with Crippen molar-refractivity contribution < 1.29 is 4.39 Å². The van der Waals surface area contributed by atoms with Crippen LogP contribution in [0.2, 0.25) is 0 Å². The normalized spacial score (nSPS) is 17.8. The highest BCUT2D eigenvalue weighted by molar-refractivity contribution is 5.28. The fourth-order valence-corrected chi connectivity index (χ4v) is 0.908. The largest absolute Gasteiger partial charge is 0.207 e. The summed E-state index contributed by atoms with van der Waals surface area (Å²) in [5.74, 6) is -0.125. The van der Waals surface area contributed by atoms with Gasteiger partial charge in [-0.1, -0.05) is 24.6 Å². The van der Waals surface area contributed by atoms with Crippen LogP contribution in [0.25, 0.3) is 0 Å². The lowest BCUT2D eigenvalue weighted by atomic mass is 10.2. The zero-order chi connectivity index (χ0) is 7.40. The monoisotopic (exact) mass is 138 g/mol. The average Bonchev–Trinajstić information content (AvgIpc) is 2.14. The second-order valence-electron chi connectivity index (χ2n) is 2.29. The molecular formula is C9H11F. The maximum atomic E-state index is 12.5. The van der Waals surface area contributed by atoms with Crippen LogP contribution in [0.5, 0.6) is 0 Å². The van der Waals surface area contributed by atoms with Gasteiger partial charge in [-0.15, -0.1) is 0 Å². The van der Waals surface area contributed by atoms with E-state index in [0.717, 1.165) is 12.8 Å².